The van der Waals surface area contributed by atoms with Gasteiger partial charge in [-0.1, -0.05) is 41.5 Å². The quantitative estimate of drug-likeness (QED) is 0.576. The van der Waals surface area contributed by atoms with E-state index in [4.69, 9.17) is 0 Å². The summed E-state index contributed by atoms with van der Waals surface area (Å²) in [4.78, 5) is 0. The van der Waals surface area contributed by atoms with E-state index in [2.05, 4.69) is 59.6 Å². The van der Waals surface area contributed by atoms with Crippen LogP contribution >= 0.6 is 18.5 Å². The predicted octanol–water partition coefficient (Wildman–Crippen LogP) is 5.76. The molecule has 2 bridgehead atoms. The van der Waals surface area contributed by atoms with E-state index < -0.39 is 0 Å². The minimum atomic E-state index is 0.0990. The maximum absolute atomic E-state index is 2.57. The van der Waals surface area contributed by atoms with E-state index in [1.165, 1.54) is 19.3 Å². The monoisotopic (exact) mass is 272 g/mol. The van der Waals surface area contributed by atoms with Crippen molar-refractivity contribution in [3.8, 4) is 0 Å². The molecule has 1 unspecified atom stereocenters. The Kier molecular flexibility index (Phi) is 3.45. The lowest BCUT2D eigenvalue weighted by Gasteiger charge is -2.41. The maximum atomic E-state index is 2.57. The highest BCUT2D eigenvalue weighted by molar-refractivity contribution is 8.56. The molecule has 2 fully saturated rings. The van der Waals surface area contributed by atoms with Gasteiger partial charge in [-0.15, -0.1) is 11.4 Å². The highest BCUT2D eigenvalue weighted by atomic mass is 32.7. The van der Waals surface area contributed by atoms with Crippen molar-refractivity contribution < 1.29 is 0 Å². The van der Waals surface area contributed by atoms with E-state index in [9.17, 15) is 0 Å². The van der Waals surface area contributed by atoms with Gasteiger partial charge in [0.05, 0.1) is 0 Å². The first kappa shape index (κ1) is 14.2. The zero-order chi connectivity index (χ0) is 13.1. The van der Waals surface area contributed by atoms with E-state index in [-0.39, 0.29) is 7.12 Å². The zero-order valence-corrected chi connectivity index (χ0v) is 14.3. The van der Waals surface area contributed by atoms with Crippen LogP contribution in [0.25, 0.3) is 0 Å². The molecule has 0 aromatic rings. The van der Waals surface area contributed by atoms with Crippen LogP contribution in [0.3, 0.4) is 0 Å². The molecule has 2 aliphatic rings. The lowest BCUT2D eigenvalue weighted by Crippen LogP contribution is -2.34. The molecule has 0 nitrogen and oxygen atoms in total. The molecular weight excluding hydrogens is 243 g/mol. The second kappa shape index (κ2) is 4.14. The molecule has 2 aliphatic carbocycles. The second-order valence-electron chi connectivity index (χ2n) is 7.87. The maximum Gasteiger partial charge on any atom is 0.0151 e. The van der Waals surface area contributed by atoms with Crippen molar-refractivity contribution in [1.82, 2.24) is 0 Å². The first-order valence-electron chi connectivity index (χ1n) is 6.99. The molecule has 0 amide bonds. The van der Waals surface area contributed by atoms with Crippen LogP contribution in [0.2, 0.25) is 0 Å². The number of rotatable bonds is 2. The number of hydrogen-bond acceptors (Lipinski definition) is 1. The van der Waals surface area contributed by atoms with E-state index in [1.807, 2.05) is 0 Å². The lowest BCUT2D eigenvalue weighted by atomic mass is 9.71. The van der Waals surface area contributed by atoms with Gasteiger partial charge in [0.15, 0.2) is 0 Å². The van der Waals surface area contributed by atoms with Crippen molar-refractivity contribution in [2.45, 2.75) is 71.2 Å². The van der Waals surface area contributed by atoms with Gasteiger partial charge in [0.1, 0.15) is 0 Å². The van der Waals surface area contributed by atoms with Crippen molar-refractivity contribution in [1.29, 1.82) is 0 Å². The minimum Gasteiger partial charge on any atom is -0.130 e. The van der Waals surface area contributed by atoms with E-state index in [1.54, 1.807) is 0 Å². The van der Waals surface area contributed by atoms with Crippen LogP contribution in [0.5, 0.6) is 0 Å². The molecule has 0 saturated heterocycles. The zero-order valence-electron chi connectivity index (χ0n) is 12.6. The van der Waals surface area contributed by atoms with Crippen molar-refractivity contribution >= 4 is 18.5 Å². The van der Waals surface area contributed by atoms with Crippen LogP contribution in [-0.2, 0) is 0 Å². The Morgan fingerprint density at radius 3 is 2.12 bits per heavy atom. The summed E-state index contributed by atoms with van der Waals surface area (Å²) >= 11 is 2.34. The van der Waals surface area contributed by atoms with Crippen LogP contribution in [0.4, 0.5) is 0 Å². The molecule has 17 heavy (non-hydrogen) atoms. The Labute approximate surface area is 113 Å². The molecule has 4 atom stereocenters. The molecule has 2 heteroatoms. The van der Waals surface area contributed by atoms with Crippen LogP contribution < -0.4 is 0 Å². The fourth-order valence-electron chi connectivity index (χ4n) is 3.64. The molecule has 0 aromatic carbocycles. The normalized spacial score (nSPS) is 41.8. The van der Waals surface area contributed by atoms with E-state index in [0.717, 1.165) is 11.2 Å². The fraction of sp³-hybridized carbons (Fsp3) is 1.00. The van der Waals surface area contributed by atoms with Crippen molar-refractivity contribution in [2.75, 3.05) is 6.66 Å². The largest absolute Gasteiger partial charge is 0.130 e. The van der Waals surface area contributed by atoms with Crippen molar-refractivity contribution in [3.63, 3.8) is 0 Å². The third-order valence-corrected chi connectivity index (χ3v) is 12.5. The average molecular weight is 272 g/mol. The van der Waals surface area contributed by atoms with Gasteiger partial charge < -0.3 is 0 Å². The summed E-state index contributed by atoms with van der Waals surface area (Å²) in [6.07, 6.45) is 4.43. The Hall–Kier alpha value is 0.780. The molecule has 0 N–H and O–H groups in total. The van der Waals surface area contributed by atoms with Gasteiger partial charge in [-0.3, -0.25) is 0 Å². The van der Waals surface area contributed by atoms with Gasteiger partial charge in [0, 0.05) is 5.25 Å². The summed E-state index contributed by atoms with van der Waals surface area (Å²) in [5.41, 5.74) is 1.18. The van der Waals surface area contributed by atoms with E-state index in [0.29, 0.717) is 16.0 Å². The summed E-state index contributed by atoms with van der Waals surface area (Å²) in [5, 5.41) is 1.43. The highest BCUT2D eigenvalue weighted by Gasteiger charge is 2.61. The van der Waals surface area contributed by atoms with Gasteiger partial charge in [0.2, 0.25) is 0 Å². The van der Waals surface area contributed by atoms with Crippen LogP contribution in [0.15, 0.2) is 0 Å². The molecule has 0 radical (unpaired) electrons. The summed E-state index contributed by atoms with van der Waals surface area (Å²) < 4.78 is 0. The Morgan fingerprint density at radius 2 is 1.76 bits per heavy atom. The Balaban J connectivity index is 2.11. The fourth-order valence-corrected chi connectivity index (χ4v) is 8.36. The number of fused-ring (bicyclic) bond motifs is 2. The van der Waals surface area contributed by atoms with Crippen molar-refractivity contribution in [2.24, 2.45) is 16.7 Å². The highest BCUT2D eigenvalue weighted by Crippen LogP contribution is 2.73. The summed E-state index contributed by atoms with van der Waals surface area (Å²) in [7, 11) is 0.0990. The molecule has 2 rings (SSSR count). The number of hydrogen-bond donors (Lipinski definition) is 0. The molecular formula is C15H29PS. The lowest BCUT2D eigenvalue weighted by molar-refractivity contribution is 0.157. The topological polar surface area (TPSA) is 0 Å². The molecule has 2 saturated carbocycles. The van der Waals surface area contributed by atoms with Gasteiger partial charge in [-0.05, 0) is 55.0 Å². The summed E-state index contributed by atoms with van der Waals surface area (Å²) in [6, 6.07) is 0. The molecule has 0 aliphatic heterocycles. The summed E-state index contributed by atoms with van der Waals surface area (Å²) in [5.74, 6) is 0.994. The summed E-state index contributed by atoms with van der Waals surface area (Å²) in [6.45, 7) is 17.3. The van der Waals surface area contributed by atoms with Crippen LogP contribution in [0, 0.1) is 16.7 Å². The smallest absolute Gasteiger partial charge is 0.0151 e. The van der Waals surface area contributed by atoms with Crippen LogP contribution in [0.1, 0.15) is 60.8 Å². The van der Waals surface area contributed by atoms with Gasteiger partial charge in [0.25, 0.3) is 0 Å². The first-order chi connectivity index (χ1) is 7.59. The standard InChI is InChI=1S/C15H29PS/c1-13(2,3)16(7)17-12-10-11-8-9-15(12,6)14(11,4)5/h11-12H,8-10H2,1-7H3/t11-,12-,15+,16?/m0/s1. The molecule has 0 heterocycles. The third kappa shape index (κ3) is 2.10. The minimum absolute atomic E-state index is 0.0990. The van der Waals surface area contributed by atoms with E-state index >= 15 is 0 Å². The van der Waals surface area contributed by atoms with Gasteiger partial charge in [-0.2, -0.15) is 0 Å². The van der Waals surface area contributed by atoms with Gasteiger partial charge in [-0.25, -0.2) is 0 Å². The molecule has 100 valence electrons. The van der Waals surface area contributed by atoms with Crippen LogP contribution in [-0.4, -0.2) is 17.1 Å². The van der Waals surface area contributed by atoms with Crippen molar-refractivity contribution in [3.05, 3.63) is 0 Å². The second-order valence-corrected chi connectivity index (χ2v) is 13.3. The average Bonchev–Trinajstić information content (AvgIpc) is 2.49. The third-order valence-electron chi connectivity index (χ3n) is 5.94. The Morgan fingerprint density at radius 1 is 1.18 bits per heavy atom. The molecule has 0 spiro atoms. The SMILES string of the molecule is CP(S[C@H]1C[C@@H]2CC[C@@]1(C)C2(C)C)C(C)(C)C. The predicted molar refractivity (Wildman–Crippen MR) is 83.2 cm³/mol. The first-order valence-corrected chi connectivity index (χ1v) is 10.3. The Bertz CT molecular complexity index is 305. The van der Waals surface area contributed by atoms with Gasteiger partial charge >= 0.3 is 0 Å². The molecule has 0 aromatic heterocycles.